The van der Waals surface area contributed by atoms with E-state index in [1.54, 1.807) is 12.1 Å². The number of rotatable bonds is 5. The van der Waals surface area contributed by atoms with Crippen molar-refractivity contribution >= 4 is 43.7 Å². The lowest BCUT2D eigenvalue weighted by Crippen LogP contribution is -2.38. The van der Waals surface area contributed by atoms with Gasteiger partial charge in [0.05, 0.1) is 0 Å². The Morgan fingerprint density at radius 1 is 1.21 bits per heavy atom. The molecule has 0 atom stereocenters. The summed E-state index contributed by atoms with van der Waals surface area (Å²) in [6.45, 7) is 4.01. The standard InChI is InChI=1S/C13H15Br2NO3/c1-8(2)6-16(7-12(17)18)13(19)9-3-10(14)5-11(15)4-9/h3-5,8H,6-7H2,1-2H3,(H,17,18). The summed E-state index contributed by atoms with van der Waals surface area (Å²) in [5, 5.41) is 8.89. The van der Waals surface area contributed by atoms with Gasteiger partial charge in [-0.25, -0.2) is 0 Å². The molecule has 0 bridgehead atoms. The minimum atomic E-state index is -1.01. The quantitative estimate of drug-likeness (QED) is 0.835. The highest BCUT2D eigenvalue weighted by molar-refractivity contribution is 9.11. The maximum atomic E-state index is 12.3. The fourth-order valence-electron chi connectivity index (χ4n) is 1.68. The summed E-state index contributed by atoms with van der Waals surface area (Å²) in [6.07, 6.45) is 0. The molecule has 0 spiro atoms. The van der Waals surface area contributed by atoms with Crippen molar-refractivity contribution < 1.29 is 14.7 Å². The van der Waals surface area contributed by atoms with Gasteiger partial charge in [0.2, 0.25) is 0 Å². The molecule has 1 N–H and O–H groups in total. The van der Waals surface area contributed by atoms with E-state index in [9.17, 15) is 9.59 Å². The van der Waals surface area contributed by atoms with Crippen LogP contribution < -0.4 is 0 Å². The van der Waals surface area contributed by atoms with Gasteiger partial charge in [-0.1, -0.05) is 45.7 Å². The molecule has 19 heavy (non-hydrogen) atoms. The molecule has 4 nitrogen and oxygen atoms in total. The van der Waals surface area contributed by atoms with Crippen LogP contribution in [0.2, 0.25) is 0 Å². The Morgan fingerprint density at radius 3 is 2.16 bits per heavy atom. The molecule has 0 aliphatic rings. The van der Waals surface area contributed by atoms with Crippen molar-refractivity contribution in [2.75, 3.05) is 13.1 Å². The molecule has 0 radical (unpaired) electrons. The Morgan fingerprint density at radius 2 is 1.74 bits per heavy atom. The summed E-state index contributed by atoms with van der Waals surface area (Å²) >= 11 is 6.63. The van der Waals surface area contributed by atoms with Crippen LogP contribution in [0.1, 0.15) is 24.2 Å². The van der Waals surface area contributed by atoms with Gasteiger partial charge in [-0.3, -0.25) is 9.59 Å². The third kappa shape index (κ3) is 5.32. The Bertz CT molecular complexity index is 469. The van der Waals surface area contributed by atoms with Crippen molar-refractivity contribution in [1.82, 2.24) is 4.90 Å². The molecule has 1 aromatic carbocycles. The average Bonchev–Trinajstić information content (AvgIpc) is 2.24. The van der Waals surface area contributed by atoms with E-state index >= 15 is 0 Å². The van der Waals surface area contributed by atoms with Crippen LogP contribution in [0.5, 0.6) is 0 Å². The molecule has 0 saturated carbocycles. The van der Waals surface area contributed by atoms with Crippen molar-refractivity contribution in [3.8, 4) is 0 Å². The topological polar surface area (TPSA) is 57.6 Å². The van der Waals surface area contributed by atoms with Gasteiger partial charge in [-0.15, -0.1) is 0 Å². The van der Waals surface area contributed by atoms with Crippen LogP contribution in [0, 0.1) is 5.92 Å². The molecule has 1 amide bonds. The first-order valence-corrected chi connectivity index (χ1v) is 7.35. The SMILES string of the molecule is CC(C)CN(CC(=O)O)C(=O)c1cc(Br)cc(Br)c1. The number of halogens is 2. The molecule has 1 rings (SSSR count). The van der Waals surface area contributed by atoms with E-state index in [0.717, 1.165) is 8.95 Å². The average molecular weight is 393 g/mol. The molecule has 0 aliphatic heterocycles. The first-order chi connectivity index (χ1) is 8.79. The van der Waals surface area contributed by atoms with E-state index in [2.05, 4.69) is 31.9 Å². The van der Waals surface area contributed by atoms with Gasteiger partial charge in [0.25, 0.3) is 5.91 Å². The van der Waals surface area contributed by atoms with Crippen LogP contribution in [-0.2, 0) is 4.79 Å². The van der Waals surface area contributed by atoms with E-state index in [0.29, 0.717) is 12.1 Å². The summed E-state index contributed by atoms with van der Waals surface area (Å²) in [5.74, 6) is -1.08. The summed E-state index contributed by atoms with van der Waals surface area (Å²) in [5.41, 5.74) is 0.461. The van der Waals surface area contributed by atoms with Crippen LogP contribution in [0.4, 0.5) is 0 Å². The van der Waals surface area contributed by atoms with Gasteiger partial charge in [-0.05, 0) is 24.1 Å². The number of hydrogen-bond donors (Lipinski definition) is 1. The summed E-state index contributed by atoms with van der Waals surface area (Å²) in [4.78, 5) is 24.5. The molecule has 104 valence electrons. The van der Waals surface area contributed by atoms with Crippen molar-refractivity contribution in [2.24, 2.45) is 5.92 Å². The van der Waals surface area contributed by atoms with Gasteiger partial charge in [0.15, 0.2) is 0 Å². The van der Waals surface area contributed by atoms with Crippen LogP contribution >= 0.6 is 31.9 Å². The van der Waals surface area contributed by atoms with E-state index in [-0.39, 0.29) is 18.4 Å². The van der Waals surface area contributed by atoms with E-state index in [4.69, 9.17) is 5.11 Å². The molecular weight excluding hydrogens is 378 g/mol. The molecule has 0 aromatic heterocycles. The molecule has 0 heterocycles. The molecule has 0 unspecified atom stereocenters. The maximum Gasteiger partial charge on any atom is 0.323 e. The smallest absolute Gasteiger partial charge is 0.323 e. The third-order valence-electron chi connectivity index (χ3n) is 2.31. The Hall–Kier alpha value is -0.880. The highest BCUT2D eigenvalue weighted by Gasteiger charge is 2.20. The van der Waals surface area contributed by atoms with Gasteiger partial charge < -0.3 is 10.0 Å². The number of carbonyl (C=O) groups is 2. The van der Waals surface area contributed by atoms with Crippen LogP contribution in [0.15, 0.2) is 27.1 Å². The number of aliphatic carboxylic acids is 1. The monoisotopic (exact) mass is 391 g/mol. The van der Waals surface area contributed by atoms with Crippen molar-refractivity contribution in [3.63, 3.8) is 0 Å². The second-order valence-electron chi connectivity index (χ2n) is 4.63. The maximum absolute atomic E-state index is 12.3. The number of carboxylic acids is 1. The second-order valence-corrected chi connectivity index (χ2v) is 6.46. The second kappa shape index (κ2) is 7.05. The minimum absolute atomic E-state index is 0.207. The fourth-order valence-corrected chi connectivity index (χ4v) is 2.98. The molecule has 6 heteroatoms. The molecule has 0 aliphatic carbocycles. The predicted molar refractivity (Wildman–Crippen MR) is 80.2 cm³/mol. The largest absolute Gasteiger partial charge is 0.480 e. The first kappa shape index (κ1) is 16.2. The Balaban J connectivity index is 3.00. The Labute approximate surface area is 129 Å². The molecular formula is C13H15Br2NO3. The van der Waals surface area contributed by atoms with Gasteiger partial charge >= 0.3 is 5.97 Å². The lowest BCUT2D eigenvalue weighted by molar-refractivity contribution is -0.137. The number of carbonyl (C=O) groups excluding carboxylic acids is 1. The van der Waals surface area contributed by atoms with Crippen molar-refractivity contribution in [3.05, 3.63) is 32.7 Å². The summed E-state index contributed by atoms with van der Waals surface area (Å²) in [7, 11) is 0. The van der Waals surface area contributed by atoms with E-state index in [1.807, 2.05) is 19.9 Å². The zero-order valence-corrected chi connectivity index (χ0v) is 13.9. The van der Waals surface area contributed by atoms with Crippen molar-refractivity contribution in [1.29, 1.82) is 0 Å². The highest BCUT2D eigenvalue weighted by atomic mass is 79.9. The Kier molecular flexibility index (Phi) is 6.00. The number of benzene rings is 1. The van der Waals surface area contributed by atoms with Crippen LogP contribution in [0.25, 0.3) is 0 Å². The summed E-state index contributed by atoms with van der Waals surface area (Å²) in [6, 6.07) is 5.19. The lowest BCUT2D eigenvalue weighted by Gasteiger charge is -2.23. The normalized spacial score (nSPS) is 10.6. The van der Waals surface area contributed by atoms with E-state index in [1.165, 1.54) is 4.90 Å². The van der Waals surface area contributed by atoms with Crippen LogP contribution in [-0.4, -0.2) is 35.0 Å². The number of nitrogens with zero attached hydrogens (tertiary/aromatic N) is 1. The zero-order valence-electron chi connectivity index (χ0n) is 10.7. The number of amides is 1. The molecule has 0 saturated heterocycles. The minimum Gasteiger partial charge on any atom is -0.480 e. The van der Waals surface area contributed by atoms with Crippen molar-refractivity contribution in [2.45, 2.75) is 13.8 Å². The molecule has 0 fully saturated rings. The first-order valence-electron chi connectivity index (χ1n) is 5.76. The number of hydrogen-bond acceptors (Lipinski definition) is 2. The summed E-state index contributed by atoms with van der Waals surface area (Å²) < 4.78 is 1.54. The van der Waals surface area contributed by atoms with Crippen LogP contribution in [0.3, 0.4) is 0 Å². The fraction of sp³-hybridized carbons (Fsp3) is 0.385. The van der Waals surface area contributed by atoms with Gasteiger partial charge in [0, 0.05) is 21.1 Å². The lowest BCUT2D eigenvalue weighted by atomic mass is 10.1. The predicted octanol–water partition coefficient (Wildman–Crippen LogP) is 3.39. The third-order valence-corrected chi connectivity index (χ3v) is 3.22. The highest BCUT2D eigenvalue weighted by Crippen LogP contribution is 2.21. The zero-order chi connectivity index (χ0) is 14.6. The van der Waals surface area contributed by atoms with Gasteiger partial charge in [-0.2, -0.15) is 0 Å². The number of carboxylic acid groups (broad SMARTS) is 1. The van der Waals surface area contributed by atoms with Gasteiger partial charge in [0.1, 0.15) is 6.54 Å². The molecule has 1 aromatic rings. The van der Waals surface area contributed by atoms with E-state index < -0.39 is 5.97 Å².